The van der Waals surface area contributed by atoms with Crippen LogP contribution in [0.15, 0.2) is 0 Å². The number of amides is 1. The van der Waals surface area contributed by atoms with Gasteiger partial charge in [-0.15, -0.1) is 11.6 Å². The van der Waals surface area contributed by atoms with E-state index < -0.39 is 0 Å². The van der Waals surface area contributed by atoms with Gasteiger partial charge in [-0.1, -0.05) is 6.92 Å². The van der Waals surface area contributed by atoms with E-state index >= 15 is 0 Å². The number of carbonyl (C=O) groups is 1. The molecule has 3 nitrogen and oxygen atoms in total. The Kier molecular flexibility index (Phi) is 3.15. The van der Waals surface area contributed by atoms with Crippen molar-refractivity contribution in [3.63, 3.8) is 0 Å². The number of hydrogen-bond donors (Lipinski definition) is 1. The molecule has 0 unspecified atom stereocenters. The molecule has 0 aromatic carbocycles. The predicted molar refractivity (Wildman–Crippen MR) is 44.8 cm³/mol. The summed E-state index contributed by atoms with van der Waals surface area (Å²) in [5, 5.41) is 2.82. The van der Waals surface area contributed by atoms with E-state index in [1.807, 2.05) is 0 Å². The van der Waals surface area contributed by atoms with Crippen molar-refractivity contribution in [2.75, 3.05) is 25.5 Å². The molecule has 1 fully saturated rings. The van der Waals surface area contributed by atoms with Crippen LogP contribution in [0.5, 0.6) is 0 Å². The van der Waals surface area contributed by atoms with E-state index in [9.17, 15) is 4.79 Å². The van der Waals surface area contributed by atoms with Gasteiger partial charge in [0.2, 0.25) is 5.91 Å². The Hall–Kier alpha value is -0.280. The first-order chi connectivity index (χ1) is 5.26. The molecule has 0 bridgehead atoms. The molecule has 1 heterocycles. The molecule has 0 radical (unpaired) electrons. The molecule has 0 atom stereocenters. The third-order valence-electron chi connectivity index (χ3n) is 1.89. The Bertz CT molecular complexity index is 145. The highest BCUT2D eigenvalue weighted by atomic mass is 35.5. The van der Waals surface area contributed by atoms with Gasteiger partial charge in [0, 0.05) is 13.1 Å². The lowest BCUT2D eigenvalue weighted by atomic mass is 10.1. The minimum atomic E-state index is -0.0626. The van der Waals surface area contributed by atoms with Crippen molar-refractivity contribution in [2.45, 2.75) is 13.0 Å². The third kappa shape index (κ3) is 2.34. The molecular weight excluding hydrogens is 164 g/mol. The molecule has 0 aromatic rings. The van der Waals surface area contributed by atoms with E-state index in [-0.39, 0.29) is 11.8 Å². The van der Waals surface area contributed by atoms with Crippen molar-refractivity contribution < 1.29 is 4.79 Å². The maximum atomic E-state index is 10.7. The topological polar surface area (TPSA) is 32.3 Å². The minimum Gasteiger partial charge on any atom is -0.350 e. The minimum absolute atomic E-state index is 0.0626. The van der Waals surface area contributed by atoms with Gasteiger partial charge in [-0.25, -0.2) is 0 Å². The van der Waals surface area contributed by atoms with Gasteiger partial charge in [-0.3, -0.25) is 9.69 Å². The first-order valence-electron chi connectivity index (χ1n) is 3.84. The Morgan fingerprint density at radius 1 is 1.73 bits per heavy atom. The van der Waals surface area contributed by atoms with Gasteiger partial charge in [0.1, 0.15) is 5.88 Å². The largest absolute Gasteiger partial charge is 0.350 e. The Morgan fingerprint density at radius 3 is 2.82 bits per heavy atom. The molecule has 11 heavy (non-hydrogen) atoms. The maximum Gasteiger partial charge on any atom is 0.235 e. The molecule has 0 aromatic heterocycles. The summed E-state index contributed by atoms with van der Waals surface area (Å²) in [6.45, 7) is 5.12. The van der Waals surface area contributed by atoms with E-state index in [0.29, 0.717) is 6.04 Å². The summed E-state index contributed by atoms with van der Waals surface area (Å²) in [5.74, 6) is 0.00947. The maximum absolute atomic E-state index is 10.7. The number of rotatable bonds is 3. The van der Waals surface area contributed by atoms with E-state index in [2.05, 4.69) is 17.1 Å². The summed E-state index contributed by atoms with van der Waals surface area (Å²) in [5.41, 5.74) is 0. The van der Waals surface area contributed by atoms with E-state index in [1.165, 1.54) is 0 Å². The highest BCUT2D eigenvalue weighted by Gasteiger charge is 2.25. The fraction of sp³-hybridized carbons (Fsp3) is 0.857. The number of nitrogens with zero attached hydrogens (tertiary/aromatic N) is 1. The molecule has 1 aliphatic rings. The third-order valence-corrected chi connectivity index (χ3v) is 2.13. The average Bonchev–Trinajstić information content (AvgIpc) is 1.95. The van der Waals surface area contributed by atoms with E-state index in [1.54, 1.807) is 0 Å². The summed E-state index contributed by atoms with van der Waals surface area (Å²) >= 11 is 5.32. The second-order valence-electron chi connectivity index (χ2n) is 2.75. The zero-order chi connectivity index (χ0) is 8.27. The van der Waals surface area contributed by atoms with Crippen LogP contribution >= 0.6 is 11.6 Å². The van der Waals surface area contributed by atoms with Crippen LogP contribution in [0.3, 0.4) is 0 Å². The molecule has 64 valence electrons. The summed E-state index contributed by atoms with van der Waals surface area (Å²) in [4.78, 5) is 13.0. The number of hydrogen-bond acceptors (Lipinski definition) is 2. The molecule has 1 aliphatic heterocycles. The molecule has 4 heteroatoms. The second-order valence-corrected chi connectivity index (χ2v) is 3.02. The fourth-order valence-electron chi connectivity index (χ4n) is 1.19. The number of likely N-dealkylation sites (tertiary alicyclic amines) is 1. The lowest BCUT2D eigenvalue weighted by Crippen LogP contribution is -2.59. The summed E-state index contributed by atoms with van der Waals surface area (Å²) in [6, 6.07) is 0.334. The van der Waals surface area contributed by atoms with Crippen LogP contribution in [0.1, 0.15) is 6.92 Å². The van der Waals surface area contributed by atoms with Gasteiger partial charge in [-0.05, 0) is 6.54 Å². The van der Waals surface area contributed by atoms with Gasteiger partial charge < -0.3 is 5.32 Å². The average molecular weight is 177 g/mol. The first kappa shape index (κ1) is 8.81. The summed E-state index contributed by atoms with van der Waals surface area (Å²) < 4.78 is 0. The van der Waals surface area contributed by atoms with Crippen molar-refractivity contribution in [3.8, 4) is 0 Å². The highest BCUT2D eigenvalue weighted by molar-refractivity contribution is 6.27. The van der Waals surface area contributed by atoms with Crippen LogP contribution in [-0.2, 0) is 4.79 Å². The van der Waals surface area contributed by atoms with Crippen LogP contribution in [0.2, 0.25) is 0 Å². The molecule has 0 spiro atoms. The van der Waals surface area contributed by atoms with Gasteiger partial charge in [-0.2, -0.15) is 0 Å². The zero-order valence-electron chi connectivity index (χ0n) is 6.64. The van der Waals surface area contributed by atoms with Crippen molar-refractivity contribution in [1.29, 1.82) is 0 Å². The van der Waals surface area contributed by atoms with E-state index in [0.717, 1.165) is 19.6 Å². The smallest absolute Gasteiger partial charge is 0.235 e. The zero-order valence-corrected chi connectivity index (χ0v) is 7.40. The molecule has 1 rings (SSSR count). The first-order valence-corrected chi connectivity index (χ1v) is 4.37. The summed E-state index contributed by atoms with van der Waals surface area (Å²) in [7, 11) is 0. The lowest BCUT2D eigenvalue weighted by molar-refractivity contribution is -0.120. The van der Waals surface area contributed by atoms with E-state index in [4.69, 9.17) is 11.6 Å². The molecule has 0 aliphatic carbocycles. The Balaban J connectivity index is 2.08. The number of alkyl halides is 1. The van der Waals surface area contributed by atoms with Crippen molar-refractivity contribution in [2.24, 2.45) is 0 Å². The van der Waals surface area contributed by atoms with Gasteiger partial charge in [0.15, 0.2) is 0 Å². The number of likely N-dealkylation sites (N-methyl/N-ethyl adjacent to an activating group) is 1. The SMILES string of the molecule is CCN1CC(NC(=O)CCl)C1. The Labute approximate surface area is 71.7 Å². The standard InChI is InChI=1S/C7H13ClN2O/c1-2-10-4-6(5-10)9-7(11)3-8/h6H,2-5H2,1H3,(H,9,11). The lowest BCUT2D eigenvalue weighted by Gasteiger charge is -2.38. The molecular formula is C7H13ClN2O. The normalized spacial score (nSPS) is 19.5. The van der Waals surface area contributed by atoms with Crippen LogP contribution in [-0.4, -0.2) is 42.4 Å². The van der Waals surface area contributed by atoms with Crippen LogP contribution < -0.4 is 5.32 Å². The molecule has 1 N–H and O–H groups in total. The van der Waals surface area contributed by atoms with Crippen molar-refractivity contribution in [3.05, 3.63) is 0 Å². The van der Waals surface area contributed by atoms with Crippen LogP contribution in [0.25, 0.3) is 0 Å². The monoisotopic (exact) mass is 176 g/mol. The molecule has 1 saturated heterocycles. The van der Waals surface area contributed by atoms with Crippen LogP contribution in [0, 0.1) is 0 Å². The molecule has 1 amide bonds. The molecule has 0 saturated carbocycles. The van der Waals surface area contributed by atoms with Crippen LogP contribution in [0.4, 0.5) is 0 Å². The quantitative estimate of drug-likeness (QED) is 0.617. The Morgan fingerprint density at radius 2 is 2.36 bits per heavy atom. The highest BCUT2D eigenvalue weighted by Crippen LogP contribution is 2.05. The van der Waals surface area contributed by atoms with Gasteiger partial charge in [0.25, 0.3) is 0 Å². The second kappa shape index (κ2) is 3.93. The number of nitrogens with one attached hydrogen (secondary N) is 1. The van der Waals surface area contributed by atoms with Gasteiger partial charge >= 0.3 is 0 Å². The van der Waals surface area contributed by atoms with Crippen molar-refractivity contribution >= 4 is 17.5 Å². The predicted octanol–water partition coefficient (Wildman–Crippen LogP) is 0.0455. The van der Waals surface area contributed by atoms with Crippen molar-refractivity contribution in [1.82, 2.24) is 10.2 Å². The fourth-order valence-corrected chi connectivity index (χ4v) is 1.26. The summed E-state index contributed by atoms with van der Waals surface area (Å²) in [6.07, 6.45) is 0. The number of carbonyl (C=O) groups excluding carboxylic acids is 1. The number of halogens is 1. The van der Waals surface area contributed by atoms with Gasteiger partial charge in [0.05, 0.1) is 6.04 Å².